The lowest BCUT2D eigenvalue weighted by molar-refractivity contribution is -0.132. The van der Waals surface area contributed by atoms with E-state index < -0.39 is 16.0 Å². The summed E-state index contributed by atoms with van der Waals surface area (Å²) in [4.78, 5) is 44.8. The zero-order valence-corrected chi connectivity index (χ0v) is 56.4. The number of cyclic esters (lactones) is 1. The molecule has 0 saturated carbocycles. The van der Waals surface area contributed by atoms with Crippen LogP contribution in [0.3, 0.4) is 0 Å². The Bertz CT molecular complexity index is 4090. The third kappa shape index (κ3) is 18.8. The monoisotopic (exact) mass is 1390 g/mol. The molecule has 0 unspecified atom stereocenters. The highest BCUT2D eigenvalue weighted by Crippen LogP contribution is 2.34. The molecule has 0 fully saturated rings. The van der Waals surface area contributed by atoms with Gasteiger partial charge in [0.25, 0.3) is 0 Å². The summed E-state index contributed by atoms with van der Waals surface area (Å²) in [5.74, 6) is 1.31. The highest BCUT2D eigenvalue weighted by Gasteiger charge is 2.29. The number of carbonyl (C=O) groups is 2. The van der Waals surface area contributed by atoms with Gasteiger partial charge < -0.3 is 46.9 Å². The van der Waals surface area contributed by atoms with Gasteiger partial charge in [-0.15, -0.1) is 0 Å². The van der Waals surface area contributed by atoms with E-state index in [1.54, 1.807) is 81.6 Å². The minimum atomic E-state index is -3.56. The van der Waals surface area contributed by atoms with Gasteiger partial charge in [-0.25, -0.2) is 60.2 Å². The minimum Gasteiger partial charge on any atom is -0.484 e. The van der Waals surface area contributed by atoms with Crippen molar-refractivity contribution >= 4 is 49.7 Å². The molecule has 13 rings (SSSR count). The highest BCUT2D eigenvalue weighted by molar-refractivity contribution is 9.10. The van der Waals surface area contributed by atoms with E-state index in [0.29, 0.717) is 62.8 Å². The molecule has 4 atom stereocenters. The number of aliphatic imine (C=N–C) groups is 2. The summed E-state index contributed by atoms with van der Waals surface area (Å²) in [6, 6.07) is 31.0. The molecule has 0 radical (unpaired) electrons. The number of nitrogens with zero attached hydrogens (tertiary/aromatic N) is 8. The molecule has 20 nitrogen and oxygen atoms in total. The molecule has 504 valence electrons. The van der Waals surface area contributed by atoms with Crippen LogP contribution in [0.15, 0.2) is 141 Å². The van der Waals surface area contributed by atoms with Crippen molar-refractivity contribution in [2.45, 2.75) is 122 Å². The van der Waals surface area contributed by atoms with Crippen molar-refractivity contribution in [2.24, 2.45) is 9.98 Å². The van der Waals surface area contributed by atoms with Gasteiger partial charge in [-0.2, -0.15) is 0 Å². The highest BCUT2D eigenvalue weighted by atomic mass is 79.9. The smallest absolute Gasteiger partial charge is 0.358 e. The Morgan fingerprint density at radius 2 is 0.979 bits per heavy atom. The zero-order valence-electron chi connectivity index (χ0n) is 54.0. The van der Waals surface area contributed by atoms with E-state index in [-0.39, 0.29) is 77.0 Å². The summed E-state index contributed by atoms with van der Waals surface area (Å²) in [5, 5.41) is 0. The molecule has 26 heteroatoms. The Balaban J connectivity index is 0.000000147. The molecule has 8 aromatic rings. The molecule has 8 heterocycles. The first kappa shape index (κ1) is 71.1. The molecule has 0 aliphatic carbocycles. The molecule has 0 bridgehead atoms. The van der Waals surface area contributed by atoms with Crippen molar-refractivity contribution in [3.8, 4) is 45.4 Å². The molecule has 5 aliphatic rings. The van der Waals surface area contributed by atoms with E-state index in [4.69, 9.17) is 38.1 Å². The van der Waals surface area contributed by atoms with Crippen molar-refractivity contribution in [2.75, 3.05) is 53.7 Å². The first-order valence-electron chi connectivity index (χ1n) is 31.0. The van der Waals surface area contributed by atoms with Gasteiger partial charge >= 0.3 is 11.9 Å². The maximum atomic E-state index is 13.5. The summed E-state index contributed by atoms with van der Waals surface area (Å²) in [6.45, 7) is 16.9. The van der Waals surface area contributed by atoms with Gasteiger partial charge in [0.15, 0.2) is 11.6 Å². The van der Waals surface area contributed by atoms with E-state index in [1.165, 1.54) is 67.8 Å². The predicted octanol–water partition coefficient (Wildman–Crippen LogP) is 11.8. The number of halogens is 5. The number of hydrogen-bond donors (Lipinski definition) is 1. The Morgan fingerprint density at radius 3 is 1.45 bits per heavy atom. The van der Waals surface area contributed by atoms with Gasteiger partial charge in [-0.05, 0) is 167 Å². The van der Waals surface area contributed by atoms with E-state index in [0.717, 1.165) is 99.7 Å². The molecular weight excluding hydrogens is 1320 g/mol. The number of aromatic nitrogens is 6. The summed E-state index contributed by atoms with van der Waals surface area (Å²) in [6.07, 6.45) is 3.35. The van der Waals surface area contributed by atoms with Gasteiger partial charge in [0.05, 0.1) is 113 Å². The van der Waals surface area contributed by atoms with Gasteiger partial charge in [-0.1, -0.05) is 12.1 Å². The minimum absolute atomic E-state index is 0.0140. The second kappa shape index (κ2) is 32.9. The van der Waals surface area contributed by atoms with Crippen LogP contribution < -0.4 is 4.72 Å². The van der Waals surface area contributed by atoms with Crippen LogP contribution in [0, 0.1) is 23.3 Å². The Kier molecular flexibility index (Phi) is 24.6. The Hall–Kier alpha value is -8.24. The molecule has 0 saturated heterocycles. The average molecular weight is 1400 g/mol. The predicted molar refractivity (Wildman–Crippen MR) is 353 cm³/mol. The van der Waals surface area contributed by atoms with Gasteiger partial charge in [-0.3, -0.25) is 4.99 Å². The maximum Gasteiger partial charge on any atom is 0.358 e. The fraction of sp³-hybridized carbons (Fsp3) is 0.377. The molecule has 0 spiro atoms. The Morgan fingerprint density at radius 1 is 0.558 bits per heavy atom. The second-order valence-corrected chi connectivity index (χ2v) is 25.5. The maximum absolute atomic E-state index is 13.5. The number of methoxy groups -OCH3 is 2. The van der Waals surface area contributed by atoms with Crippen LogP contribution in [0.2, 0.25) is 0 Å². The third-order valence-electron chi connectivity index (χ3n) is 15.4. The molecule has 95 heavy (non-hydrogen) atoms. The summed E-state index contributed by atoms with van der Waals surface area (Å²) in [7, 11) is -0.580. The van der Waals surface area contributed by atoms with Crippen LogP contribution in [-0.4, -0.2) is 145 Å². The topological polar surface area (TPSA) is 223 Å². The summed E-state index contributed by atoms with van der Waals surface area (Å²) < 4.78 is 124. The van der Waals surface area contributed by atoms with Crippen molar-refractivity contribution in [3.05, 3.63) is 178 Å². The number of nitrogens with one attached hydrogen (secondary N) is 1. The van der Waals surface area contributed by atoms with Crippen molar-refractivity contribution in [1.29, 1.82) is 0 Å². The van der Waals surface area contributed by atoms with E-state index in [9.17, 15) is 35.6 Å². The van der Waals surface area contributed by atoms with E-state index in [1.807, 2.05) is 25.3 Å². The number of esters is 2. The number of carbonyl (C=O) groups excluding carboxylic acids is 2. The number of fused-ring (bicyclic) bond motifs is 3. The Labute approximate surface area is 557 Å². The summed E-state index contributed by atoms with van der Waals surface area (Å²) in [5.41, 5.74) is 8.01. The molecule has 5 aromatic carbocycles. The number of hydrogen-bond acceptors (Lipinski definition) is 16. The van der Waals surface area contributed by atoms with Crippen LogP contribution in [-0.2, 0) is 86.9 Å². The normalized spacial score (nSPS) is 18.4. The first-order chi connectivity index (χ1) is 45.6. The number of benzene rings is 5. The zero-order chi connectivity index (χ0) is 67.9. The lowest BCUT2D eigenvalue weighted by Crippen LogP contribution is -2.30. The number of rotatable bonds is 9. The number of sulfonamides is 1. The SMILES string of the molecule is CC(C)NS(=O)(=O)c1ccc(-c2nc(-c3ccc(F)cc3)n3c2CCO[C@H](C)C3)cc1.COC(=O)c1nc(-c2ccc(F)cc2)n2c1CCO[C@H](C)C2.COC1=NC[C@@H](C)OCC1.C[C@@H]1Cn2c(-c3ccc(F)cc3)nc(Br)c2CCO1.O=C1CN=C(c2ccc(F)cc2)O1. The lowest BCUT2D eigenvalue weighted by Gasteiger charge is -2.12. The molecule has 5 aliphatic heterocycles. The fourth-order valence-electron chi connectivity index (χ4n) is 10.8. The second-order valence-electron chi connectivity index (χ2n) is 23.0. The van der Waals surface area contributed by atoms with Crippen molar-refractivity contribution in [3.63, 3.8) is 0 Å². The van der Waals surface area contributed by atoms with Crippen molar-refractivity contribution < 1.29 is 68.7 Å². The fourth-order valence-corrected chi connectivity index (χ4v) is 12.6. The van der Waals surface area contributed by atoms with Crippen LogP contribution >= 0.6 is 15.9 Å². The van der Waals surface area contributed by atoms with E-state index in [2.05, 4.69) is 56.7 Å². The van der Waals surface area contributed by atoms with Crippen LogP contribution in [0.25, 0.3) is 45.4 Å². The lowest BCUT2D eigenvalue weighted by atomic mass is 10.1. The third-order valence-corrected chi connectivity index (χ3v) is 17.7. The number of ether oxygens (including phenoxy) is 7. The average Bonchev–Trinajstić information content (AvgIpc) is 1.65. The van der Waals surface area contributed by atoms with Gasteiger partial charge in [0, 0.05) is 65.2 Å². The van der Waals surface area contributed by atoms with Crippen LogP contribution in [0.1, 0.15) is 81.1 Å². The van der Waals surface area contributed by atoms with Crippen molar-refractivity contribution in [1.82, 2.24) is 33.4 Å². The summed E-state index contributed by atoms with van der Waals surface area (Å²) >= 11 is 3.51. The van der Waals surface area contributed by atoms with Gasteiger partial charge in [0.2, 0.25) is 15.9 Å². The van der Waals surface area contributed by atoms with Crippen LogP contribution in [0.5, 0.6) is 0 Å². The quantitative estimate of drug-likeness (QED) is 0.105. The van der Waals surface area contributed by atoms with Gasteiger partial charge in [0.1, 0.15) is 51.9 Å². The molecular formula is C69H76BrF4N9O11S. The number of imidazole rings is 3. The standard InChI is InChI=1S/C23H26FN3O3S.C16H17FN2O3.C14H14BrFN2O.C9H6FNO2.C7H13NO2/c1-15(2)26-31(28,29)20-10-6-17(7-11-20)22-21-12-13-30-16(3)14-27(21)23(25-22)18-4-8-19(24)9-5-18;1-10-9-19-13(7-8-22-10)14(16(20)21-2)18-15(19)11-3-5-12(17)6-4-11;1-9-8-18-12(6-7-19-9)13(15)17-14(18)10-2-4-11(16)5-3-10;10-7-3-1-6(2-4-7)9-11-5-8(12)13-9;1-6-5-8-7(9-2)3-4-10-6/h4-11,15-16,26H,12-14H2,1-3H3;3-6,10H,7-9H2,1-2H3;2-5,9H,6-8H2,1H3;1-4H,5H2;6H,3-5H2,1-2H3/t16-;10-;9-;;6-/m111.1/s1. The van der Waals surface area contributed by atoms with Crippen LogP contribution in [0.4, 0.5) is 17.6 Å². The molecule has 3 aromatic heterocycles. The first-order valence-corrected chi connectivity index (χ1v) is 33.3. The molecule has 0 amide bonds. The molecule has 1 N–H and O–H groups in total. The van der Waals surface area contributed by atoms with E-state index >= 15 is 0 Å². The largest absolute Gasteiger partial charge is 0.484 e.